The monoisotopic (exact) mass is 501 g/mol. The molecule has 1 heterocycles. The van der Waals surface area contributed by atoms with Crippen molar-refractivity contribution in [3.63, 3.8) is 0 Å². The van der Waals surface area contributed by atoms with Crippen molar-refractivity contribution >= 4 is 17.5 Å². The van der Waals surface area contributed by atoms with Crippen LogP contribution in [-0.2, 0) is 16.2 Å². The lowest BCUT2D eigenvalue weighted by Crippen LogP contribution is -2.39. The highest BCUT2D eigenvalue weighted by Crippen LogP contribution is 2.49. The summed E-state index contributed by atoms with van der Waals surface area (Å²) in [6, 6.07) is 12.2. The van der Waals surface area contributed by atoms with E-state index >= 15 is 0 Å². The predicted octanol–water partition coefficient (Wildman–Crippen LogP) is 5.41. The number of allylic oxidation sites excluding steroid dienone is 4. The maximum atomic E-state index is 13.3. The fraction of sp³-hybridized carbons (Fsp3) is 0.367. The molecular formula is C30H31NO6. The second-order valence-corrected chi connectivity index (χ2v) is 9.65. The number of benzene rings is 2. The average Bonchev–Trinajstić information content (AvgIpc) is 2.91. The third kappa shape index (κ3) is 4.54. The fourth-order valence-corrected chi connectivity index (χ4v) is 5.82. The highest BCUT2D eigenvalue weighted by atomic mass is 16.5. The molecule has 2 aliphatic carbocycles. The van der Waals surface area contributed by atoms with Gasteiger partial charge in [0.05, 0.1) is 12.7 Å². The van der Waals surface area contributed by atoms with Gasteiger partial charge in [0.15, 0.2) is 23.1 Å². The van der Waals surface area contributed by atoms with Gasteiger partial charge in [-0.15, -0.1) is 0 Å². The van der Waals surface area contributed by atoms with Crippen LogP contribution in [0.25, 0.3) is 0 Å². The lowest BCUT2D eigenvalue weighted by molar-refractivity contribution is -0.117. The number of carbonyl (C=O) groups is 3. The zero-order valence-corrected chi connectivity index (χ0v) is 21.2. The molecule has 0 fully saturated rings. The van der Waals surface area contributed by atoms with Crippen LogP contribution in [0, 0.1) is 0 Å². The first kappa shape index (κ1) is 24.8. The minimum atomic E-state index is -0.973. The number of carboxylic acids is 1. The third-order valence-corrected chi connectivity index (χ3v) is 7.52. The molecule has 7 heteroatoms. The van der Waals surface area contributed by atoms with Crippen LogP contribution in [0.1, 0.15) is 72.9 Å². The van der Waals surface area contributed by atoms with Gasteiger partial charge >= 0.3 is 5.97 Å². The Labute approximate surface area is 216 Å². The summed E-state index contributed by atoms with van der Waals surface area (Å²) in [5.41, 5.74) is 5.57. The zero-order chi connectivity index (χ0) is 26.1. The van der Waals surface area contributed by atoms with Crippen LogP contribution in [0.15, 0.2) is 65.0 Å². The van der Waals surface area contributed by atoms with Gasteiger partial charge in [0.25, 0.3) is 0 Å². The highest BCUT2D eigenvalue weighted by molar-refractivity contribution is 6.06. The first-order valence-electron chi connectivity index (χ1n) is 12.9. The maximum Gasteiger partial charge on any atom is 0.335 e. The van der Waals surface area contributed by atoms with Crippen molar-refractivity contribution in [2.24, 2.45) is 0 Å². The maximum absolute atomic E-state index is 13.3. The van der Waals surface area contributed by atoms with E-state index in [1.165, 1.54) is 0 Å². The Kier molecular flexibility index (Phi) is 6.87. The van der Waals surface area contributed by atoms with E-state index < -0.39 is 5.97 Å². The van der Waals surface area contributed by atoms with E-state index in [9.17, 15) is 14.4 Å². The number of carboxylic acid groups (broad SMARTS) is 1. The number of methoxy groups -OCH3 is 1. The molecule has 0 bridgehead atoms. The molecule has 0 aromatic heterocycles. The van der Waals surface area contributed by atoms with Crippen LogP contribution in [0.5, 0.6) is 11.5 Å². The molecule has 2 aromatic rings. The Bertz CT molecular complexity index is 1280. The number of ether oxygens (including phenoxy) is 2. The molecule has 2 aromatic carbocycles. The van der Waals surface area contributed by atoms with Crippen molar-refractivity contribution in [1.82, 2.24) is 4.90 Å². The Hall–Kier alpha value is -3.87. The molecule has 0 amide bonds. The molecule has 0 saturated heterocycles. The molecule has 0 atom stereocenters. The summed E-state index contributed by atoms with van der Waals surface area (Å²) in [5, 5.41) is 9.09. The molecule has 192 valence electrons. The first-order valence-corrected chi connectivity index (χ1v) is 12.9. The fourth-order valence-electron chi connectivity index (χ4n) is 5.82. The van der Waals surface area contributed by atoms with Crippen LogP contribution in [0.4, 0.5) is 0 Å². The Morgan fingerprint density at radius 2 is 1.54 bits per heavy atom. The lowest BCUT2D eigenvalue weighted by Gasteiger charge is -2.43. The number of ketones is 2. The summed E-state index contributed by atoms with van der Waals surface area (Å²) >= 11 is 0. The summed E-state index contributed by atoms with van der Waals surface area (Å²) in [5.74, 6) is -0.0578. The van der Waals surface area contributed by atoms with Gasteiger partial charge < -0.3 is 19.5 Å². The normalized spacial score (nSPS) is 18.1. The topological polar surface area (TPSA) is 93.1 Å². The molecule has 5 rings (SSSR count). The molecule has 0 saturated carbocycles. The van der Waals surface area contributed by atoms with E-state index in [-0.39, 0.29) is 29.7 Å². The molecule has 0 spiro atoms. The summed E-state index contributed by atoms with van der Waals surface area (Å²) in [6.45, 7) is 3.07. The average molecular weight is 502 g/mol. The van der Waals surface area contributed by atoms with Crippen LogP contribution < -0.4 is 9.47 Å². The van der Waals surface area contributed by atoms with Crippen molar-refractivity contribution in [3.8, 4) is 11.5 Å². The van der Waals surface area contributed by atoms with E-state index in [4.69, 9.17) is 14.6 Å². The van der Waals surface area contributed by atoms with Crippen LogP contribution >= 0.6 is 0 Å². The van der Waals surface area contributed by atoms with E-state index in [0.29, 0.717) is 24.3 Å². The standard InChI is InChI=1S/C30H31NO6/c1-3-31-21-6-4-8-23(32)28(21)27(29-22(31)7-5-9-24(29)33)20-14-15-25(26(16-20)36-2)37-17-18-10-12-19(13-11-18)30(34)35/h10-16,27H,3-9,17H2,1-2H3,(H,34,35). The molecule has 37 heavy (non-hydrogen) atoms. The van der Waals surface area contributed by atoms with Gasteiger partial charge in [-0.3, -0.25) is 9.59 Å². The second-order valence-electron chi connectivity index (χ2n) is 9.65. The Morgan fingerprint density at radius 3 is 2.08 bits per heavy atom. The SMILES string of the molecule is CCN1C2=C(C(=O)CCC2)C(c2ccc(OCc3ccc(C(=O)O)cc3)c(OC)c2)C2=C1CCCC2=O. The number of carbonyl (C=O) groups excluding carboxylic acids is 2. The van der Waals surface area contributed by atoms with Gasteiger partial charge in [-0.2, -0.15) is 0 Å². The summed E-state index contributed by atoms with van der Waals surface area (Å²) < 4.78 is 11.7. The number of Topliss-reactive ketones (excluding diaryl/α,β-unsaturated/α-hetero) is 2. The second kappa shape index (κ2) is 10.2. The number of nitrogens with zero attached hydrogens (tertiary/aromatic N) is 1. The number of aromatic carboxylic acids is 1. The third-order valence-electron chi connectivity index (χ3n) is 7.52. The van der Waals surface area contributed by atoms with E-state index in [0.717, 1.165) is 65.9 Å². The van der Waals surface area contributed by atoms with Gasteiger partial charge in [-0.05, 0) is 68.0 Å². The Balaban J connectivity index is 1.50. The van der Waals surface area contributed by atoms with Gasteiger partial charge in [0.2, 0.25) is 0 Å². The van der Waals surface area contributed by atoms with E-state index in [1.807, 2.05) is 18.2 Å². The van der Waals surface area contributed by atoms with Crippen molar-refractivity contribution in [2.45, 2.75) is 58.0 Å². The molecule has 1 aliphatic heterocycles. The van der Waals surface area contributed by atoms with Gasteiger partial charge in [0.1, 0.15) is 6.61 Å². The van der Waals surface area contributed by atoms with Gasteiger partial charge in [-0.1, -0.05) is 18.2 Å². The first-order chi connectivity index (χ1) is 17.9. The number of rotatable bonds is 7. The smallest absolute Gasteiger partial charge is 0.335 e. The molecule has 7 nitrogen and oxygen atoms in total. The summed E-state index contributed by atoms with van der Waals surface area (Å²) in [6.07, 6.45) is 4.36. The minimum absolute atomic E-state index is 0.124. The Morgan fingerprint density at radius 1 is 0.919 bits per heavy atom. The largest absolute Gasteiger partial charge is 0.493 e. The zero-order valence-electron chi connectivity index (χ0n) is 21.2. The van der Waals surface area contributed by atoms with Gasteiger partial charge in [-0.25, -0.2) is 4.79 Å². The van der Waals surface area contributed by atoms with E-state index in [2.05, 4.69) is 11.8 Å². The van der Waals surface area contributed by atoms with Crippen molar-refractivity contribution < 1.29 is 29.0 Å². The lowest BCUT2D eigenvalue weighted by atomic mass is 9.71. The van der Waals surface area contributed by atoms with Crippen molar-refractivity contribution in [2.75, 3.05) is 13.7 Å². The molecular weight excluding hydrogens is 470 g/mol. The number of hydrogen-bond acceptors (Lipinski definition) is 6. The number of hydrogen-bond donors (Lipinski definition) is 1. The minimum Gasteiger partial charge on any atom is -0.493 e. The van der Waals surface area contributed by atoms with Crippen LogP contribution in [-0.4, -0.2) is 41.2 Å². The van der Waals surface area contributed by atoms with Crippen LogP contribution in [0.2, 0.25) is 0 Å². The molecule has 0 radical (unpaired) electrons. The van der Waals surface area contributed by atoms with Gasteiger partial charge in [0, 0.05) is 47.8 Å². The molecule has 0 unspecified atom stereocenters. The quantitative estimate of drug-likeness (QED) is 0.543. The van der Waals surface area contributed by atoms with Crippen molar-refractivity contribution in [1.29, 1.82) is 0 Å². The van der Waals surface area contributed by atoms with E-state index in [1.54, 1.807) is 31.4 Å². The predicted molar refractivity (Wildman–Crippen MR) is 138 cm³/mol. The van der Waals surface area contributed by atoms with Crippen molar-refractivity contribution in [3.05, 3.63) is 81.7 Å². The summed E-state index contributed by atoms with van der Waals surface area (Å²) in [4.78, 5) is 39.9. The highest BCUT2D eigenvalue weighted by Gasteiger charge is 2.43. The summed E-state index contributed by atoms with van der Waals surface area (Å²) in [7, 11) is 1.57. The molecule has 3 aliphatic rings. The van der Waals surface area contributed by atoms with Crippen LogP contribution in [0.3, 0.4) is 0 Å². The molecule has 1 N–H and O–H groups in total.